The van der Waals surface area contributed by atoms with E-state index in [1.54, 1.807) is 0 Å². The first-order valence-corrected chi connectivity index (χ1v) is 11.1. The van der Waals surface area contributed by atoms with Gasteiger partial charge in [0.05, 0.1) is 27.9 Å². The molecule has 0 saturated carbocycles. The summed E-state index contributed by atoms with van der Waals surface area (Å²) >= 11 is 1.28. The summed E-state index contributed by atoms with van der Waals surface area (Å²) in [6.45, 7) is 0.145. The number of carbonyl (C=O) groups excluding carboxylic acids is 1. The molecule has 0 radical (unpaired) electrons. The molecule has 5 nitrogen and oxygen atoms in total. The molecule has 0 aliphatic carbocycles. The minimum absolute atomic E-state index is 0.105. The van der Waals surface area contributed by atoms with E-state index in [2.05, 4.69) is 5.32 Å². The van der Waals surface area contributed by atoms with E-state index in [9.17, 15) is 18.0 Å². The van der Waals surface area contributed by atoms with Crippen molar-refractivity contribution in [1.82, 2.24) is 19.7 Å². The summed E-state index contributed by atoms with van der Waals surface area (Å²) in [5, 5.41) is 4.31. The zero-order valence-electron chi connectivity index (χ0n) is 17.1. The normalized spacial score (nSPS) is 12.0. The Labute approximate surface area is 190 Å². The molecule has 1 amide bonds. The van der Waals surface area contributed by atoms with Gasteiger partial charge in [0, 0.05) is 11.9 Å². The molecule has 33 heavy (non-hydrogen) atoms. The summed E-state index contributed by atoms with van der Waals surface area (Å²) in [4.78, 5) is 22.0. The van der Waals surface area contributed by atoms with Gasteiger partial charge in [-0.3, -0.25) is 9.20 Å². The molecule has 0 atom stereocenters. The fourth-order valence-corrected chi connectivity index (χ4v) is 4.44. The first-order valence-electron chi connectivity index (χ1n) is 10.1. The minimum atomic E-state index is -4.38. The zero-order valence-corrected chi connectivity index (χ0v) is 18.0. The highest BCUT2D eigenvalue weighted by molar-refractivity contribution is 7.99. The molecule has 0 bridgehead atoms. The number of benzene rings is 3. The third-order valence-corrected chi connectivity index (χ3v) is 6.16. The van der Waals surface area contributed by atoms with Gasteiger partial charge < -0.3 is 5.32 Å². The second-order valence-electron chi connectivity index (χ2n) is 7.43. The lowest BCUT2D eigenvalue weighted by atomic mass is 10.1. The molecule has 0 aliphatic heterocycles. The van der Waals surface area contributed by atoms with Gasteiger partial charge in [0.2, 0.25) is 5.91 Å². The van der Waals surface area contributed by atoms with Gasteiger partial charge in [-0.1, -0.05) is 48.2 Å². The van der Waals surface area contributed by atoms with Crippen LogP contribution in [0.25, 0.3) is 27.6 Å². The molecule has 9 heteroatoms. The second-order valence-corrected chi connectivity index (χ2v) is 8.37. The Morgan fingerprint density at radius 2 is 1.61 bits per heavy atom. The van der Waals surface area contributed by atoms with Crippen LogP contribution in [-0.4, -0.2) is 26.0 Å². The number of carbonyl (C=O) groups is 1. The standard InChI is InChI=1S/C24H17F3N4OS/c25-24(26,27)16-11-9-15(10-12-16)13-28-21(32)14-33-23-30-18-6-2-1-5-17(18)22-29-19-7-3-4-8-20(19)31(22)23/h1-12H,13-14H2,(H,28,32). The van der Waals surface area contributed by atoms with Crippen LogP contribution < -0.4 is 5.32 Å². The number of halogens is 3. The number of para-hydroxylation sites is 3. The van der Waals surface area contributed by atoms with E-state index in [0.29, 0.717) is 10.7 Å². The van der Waals surface area contributed by atoms with E-state index >= 15 is 0 Å². The highest BCUT2D eigenvalue weighted by Crippen LogP contribution is 2.30. The van der Waals surface area contributed by atoms with E-state index in [1.165, 1.54) is 23.9 Å². The summed E-state index contributed by atoms with van der Waals surface area (Å²) in [5.74, 6) is -0.138. The SMILES string of the molecule is O=C(CSc1nc2ccccc2c2nc3ccccc3n12)NCc1ccc(C(F)(F)F)cc1. The van der Waals surface area contributed by atoms with Crippen molar-refractivity contribution < 1.29 is 18.0 Å². The molecule has 3 aromatic carbocycles. The van der Waals surface area contributed by atoms with E-state index in [1.807, 2.05) is 52.9 Å². The van der Waals surface area contributed by atoms with Gasteiger partial charge in [-0.25, -0.2) is 9.97 Å². The Morgan fingerprint density at radius 3 is 2.36 bits per heavy atom. The molecular weight excluding hydrogens is 449 g/mol. The van der Waals surface area contributed by atoms with Crippen LogP contribution in [-0.2, 0) is 17.5 Å². The van der Waals surface area contributed by atoms with E-state index in [4.69, 9.17) is 9.97 Å². The fourth-order valence-electron chi connectivity index (χ4n) is 3.60. The Morgan fingerprint density at radius 1 is 0.909 bits per heavy atom. The third kappa shape index (κ3) is 4.23. The summed E-state index contributed by atoms with van der Waals surface area (Å²) in [6, 6.07) is 20.2. The third-order valence-electron chi connectivity index (χ3n) is 5.22. The van der Waals surface area contributed by atoms with E-state index in [-0.39, 0.29) is 18.2 Å². The molecule has 5 aromatic rings. The highest BCUT2D eigenvalue weighted by Gasteiger charge is 2.29. The number of aromatic nitrogens is 3. The van der Waals surface area contributed by atoms with Crippen molar-refractivity contribution >= 4 is 45.3 Å². The Balaban J connectivity index is 1.35. The predicted octanol–water partition coefficient (Wildman–Crippen LogP) is 5.46. The molecule has 2 heterocycles. The van der Waals surface area contributed by atoms with Crippen molar-refractivity contribution in [2.75, 3.05) is 5.75 Å². The lowest BCUT2D eigenvalue weighted by Gasteiger charge is -2.10. The number of fused-ring (bicyclic) bond motifs is 5. The van der Waals surface area contributed by atoms with Gasteiger partial charge in [0.1, 0.15) is 5.65 Å². The summed E-state index contributed by atoms with van der Waals surface area (Å²) in [5.41, 5.74) is 3.17. The minimum Gasteiger partial charge on any atom is -0.351 e. The number of amides is 1. The van der Waals surface area contributed by atoms with Crippen molar-refractivity contribution in [2.24, 2.45) is 0 Å². The predicted molar refractivity (Wildman–Crippen MR) is 122 cm³/mol. The van der Waals surface area contributed by atoms with Crippen LogP contribution in [0.15, 0.2) is 78.0 Å². The van der Waals surface area contributed by atoms with Gasteiger partial charge in [-0.15, -0.1) is 0 Å². The van der Waals surface area contributed by atoms with Crippen molar-refractivity contribution in [1.29, 1.82) is 0 Å². The quantitative estimate of drug-likeness (QED) is 0.276. The van der Waals surface area contributed by atoms with Crippen molar-refractivity contribution in [3.63, 3.8) is 0 Å². The first kappa shape index (κ1) is 21.3. The second kappa shape index (κ2) is 8.40. The molecule has 0 aliphatic rings. The molecule has 1 N–H and O–H groups in total. The molecule has 2 aromatic heterocycles. The number of hydrogen-bond acceptors (Lipinski definition) is 4. The van der Waals surface area contributed by atoms with Crippen molar-refractivity contribution in [2.45, 2.75) is 17.9 Å². The maximum absolute atomic E-state index is 12.7. The molecular formula is C24H17F3N4OS. The Bertz CT molecular complexity index is 1480. The average Bonchev–Trinajstić information content (AvgIpc) is 3.21. The first-order chi connectivity index (χ1) is 15.9. The Kier molecular flexibility index (Phi) is 5.41. The van der Waals surface area contributed by atoms with Gasteiger partial charge in [0.25, 0.3) is 0 Å². The van der Waals surface area contributed by atoms with Crippen LogP contribution >= 0.6 is 11.8 Å². The van der Waals surface area contributed by atoms with Crippen LogP contribution in [0.3, 0.4) is 0 Å². The maximum Gasteiger partial charge on any atom is 0.416 e. The smallest absolute Gasteiger partial charge is 0.351 e. The molecule has 166 valence electrons. The fraction of sp³-hybridized carbons (Fsp3) is 0.125. The lowest BCUT2D eigenvalue weighted by molar-refractivity contribution is -0.137. The summed E-state index contributed by atoms with van der Waals surface area (Å²) in [7, 11) is 0. The van der Waals surface area contributed by atoms with Gasteiger partial charge >= 0.3 is 6.18 Å². The number of alkyl halides is 3. The molecule has 0 spiro atoms. The molecule has 0 fully saturated rings. The number of hydrogen-bond donors (Lipinski definition) is 1. The van der Waals surface area contributed by atoms with Crippen molar-refractivity contribution in [3.05, 3.63) is 83.9 Å². The zero-order chi connectivity index (χ0) is 23.0. The van der Waals surface area contributed by atoms with Gasteiger partial charge in [-0.2, -0.15) is 13.2 Å². The molecule has 0 saturated heterocycles. The van der Waals surface area contributed by atoms with Crippen LogP contribution in [0.4, 0.5) is 13.2 Å². The van der Waals surface area contributed by atoms with Gasteiger partial charge in [-0.05, 0) is 42.0 Å². The molecule has 0 unspecified atom stereocenters. The average molecular weight is 466 g/mol. The maximum atomic E-state index is 12.7. The van der Waals surface area contributed by atoms with E-state index in [0.717, 1.165) is 39.7 Å². The molecule has 5 rings (SSSR count). The number of thioether (sulfide) groups is 1. The summed E-state index contributed by atoms with van der Waals surface area (Å²) < 4.78 is 40.0. The number of nitrogens with one attached hydrogen (secondary N) is 1. The number of rotatable bonds is 5. The summed E-state index contributed by atoms with van der Waals surface area (Å²) in [6.07, 6.45) is -4.38. The largest absolute Gasteiger partial charge is 0.416 e. The Hall–Kier alpha value is -3.59. The van der Waals surface area contributed by atoms with Crippen LogP contribution in [0, 0.1) is 0 Å². The van der Waals surface area contributed by atoms with E-state index < -0.39 is 11.7 Å². The van der Waals surface area contributed by atoms with Gasteiger partial charge in [0.15, 0.2) is 5.16 Å². The van der Waals surface area contributed by atoms with Crippen LogP contribution in [0.2, 0.25) is 0 Å². The van der Waals surface area contributed by atoms with Crippen molar-refractivity contribution in [3.8, 4) is 0 Å². The van der Waals surface area contributed by atoms with Crippen LogP contribution in [0.1, 0.15) is 11.1 Å². The van der Waals surface area contributed by atoms with Crippen LogP contribution in [0.5, 0.6) is 0 Å². The monoisotopic (exact) mass is 466 g/mol. The highest BCUT2D eigenvalue weighted by atomic mass is 32.2. The topological polar surface area (TPSA) is 59.3 Å². The number of nitrogens with zero attached hydrogens (tertiary/aromatic N) is 3. The number of imidazole rings is 1. The lowest BCUT2D eigenvalue weighted by Crippen LogP contribution is -2.24.